The van der Waals surface area contributed by atoms with E-state index in [1.54, 1.807) is 18.6 Å². The number of hydrogen-bond donors (Lipinski definition) is 4. The monoisotopic (exact) mass is 654 g/mol. The first-order valence-electron chi connectivity index (χ1n) is 16.0. The highest BCUT2D eigenvalue weighted by atomic mass is 35.5. The zero-order valence-corrected chi connectivity index (χ0v) is 27.9. The third-order valence-corrected chi connectivity index (χ3v) is 8.81. The maximum atomic E-state index is 12.4. The predicted octanol–water partition coefficient (Wildman–Crippen LogP) is 7.27. The van der Waals surface area contributed by atoms with Gasteiger partial charge in [0.1, 0.15) is 0 Å². The van der Waals surface area contributed by atoms with E-state index in [4.69, 9.17) is 23.2 Å². The van der Waals surface area contributed by atoms with Crippen LogP contribution in [0.2, 0.25) is 10.0 Å². The fraction of sp³-hybridized carbons (Fsp3) is 0.486. The Hall–Kier alpha value is -3.04. The van der Waals surface area contributed by atoms with Crippen LogP contribution < -0.4 is 22.3 Å². The van der Waals surface area contributed by atoms with E-state index in [1.165, 1.54) is 38.5 Å². The van der Waals surface area contributed by atoms with Gasteiger partial charge in [-0.25, -0.2) is 0 Å². The minimum Gasteiger partial charge on any atom is -0.349 e. The first-order valence-corrected chi connectivity index (χ1v) is 16.7. The maximum Gasteiger partial charge on any atom is 0.226 e. The molecule has 8 nitrogen and oxygen atoms in total. The molecule has 1 aromatic heterocycles. The van der Waals surface area contributed by atoms with Gasteiger partial charge in [0.15, 0.2) is 0 Å². The van der Waals surface area contributed by atoms with Crippen LogP contribution in [0.4, 0.5) is 0 Å². The van der Waals surface area contributed by atoms with E-state index in [9.17, 15) is 9.59 Å². The lowest BCUT2D eigenvalue weighted by Gasteiger charge is -2.26. The largest absolute Gasteiger partial charge is 0.349 e. The molecule has 2 aliphatic carbocycles. The van der Waals surface area contributed by atoms with Gasteiger partial charge in [0.25, 0.3) is 0 Å². The highest BCUT2D eigenvalue weighted by Crippen LogP contribution is 2.37. The van der Waals surface area contributed by atoms with Crippen LogP contribution in [0.1, 0.15) is 101 Å². The van der Waals surface area contributed by atoms with Crippen LogP contribution in [0.25, 0.3) is 0 Å². The first kappa shape index (κ1) is 36.4. The van der Waals surface area contributed by atoms with E-state index in [0.29, 0.717) is 34.9 Å². The normalized spacial score (nSPS) is 16.2. The lowest BCUT2D eigenvalue weighted by atomic mass is 9.91. The Bertz CT molecular complexity index is 1310. The number of rotatable bonds is 10. The van der Waals surface area contributed by atoms with Crippen molar-refractivity contribution in [2.75, 3.05) is 0 Å². The molecule has 3 aromatic rings. The van der Waals surface area contributed by atoms with Gasteiger partial charge in [0.05, 0.1) is 24.2 Å². The molecule has 0 radical (unpaired) electrons. The number of hydrazine groups is 1. The van der Waals surface area contributed by atoms with E-state index in [2.05, 4.69) is 52.2 Å². The van der Waals surface area contributed by atoms with Crippen molar-refractivity contribution in [2.45, 2.75) is 90.1 Å². The number of nitrogens with two attached hydrogens (primary N) is 2. The highest BCUT2D eigenvalue weighted by Gasteiger charge is 2.29. The first-order chi connectivity index (χ1) is 21.8. The third kappa shape index (κ3) is 12.3. The Morgan fingerprint density at radius 1 is 0.800 bits per heavy atom. The van der Waals surface area contributed by atoms with Gasteiger partial charge in [-0.2, -0.15) is 0 Å². The fourth-order valence-electron chi connectivity index (χ4n) is 6.34. The summed E-state index contributed by atoms with van der Waals surface area (Å²) < 4.78 is 0. The minimum absolute atomic E-state index is 0.0142. The molecule has 45 heavy (non-hydrogen) atoms. The van der Waals surface area contributed by atoms with Crippen molar-refractivity contribution >= 4 is 35.0 Å². The lowest BCUT2D eigenvalue weighted by Crippen LogP contribution is -2.34. The van der Waals surface area contributed by atoms with Crippen molar-refractivity contribution in [3.63, 3.8) is 0 Å². The second kappa shape index (κ2) is 19.5. The molecule has 0 spiro atoms. The summed E-state index contributed by atoms with van der Waals surface area (Å²) in [5, 5.41) is 7.86. The molecule has 244 valence electrons. The van der Waals surface area contributed by atoms with E-state index in [1.807, 2.05) is 42.5 Å². The van der Waals surface area contributed by atoms with Crippen LogP contribution >= 0.6 is 23.2 Å². The summed E-state index contributed by atoms with van der Waals surface area (Å²) in [6.45, 7) is 4.15. The average Bonchev–Trinajstić information content (AvgIpc) is 3.76. The van der Waals surface area contributed by atoms with Gasteiger partial charge in [0, 0.05) is 35.1 Å². The summed E-state index contributed by atoms with van der Waals surface area (Å²) in [6.07, 6.45) is 15.3. The predicted molar refractivity (Wildman–Crippen MR) is 182 cm³/mol. The molecule has 5 rings (SSSR count). The molecule has 0 bridgehead atoms. The Morgan fingerprint density at radius 3 is 1.71 bits per heavy atom. The summed E-state index contributed by atoms with van der Waals surface area (Å²) in [5.41, 5.74) is 2.90. The molecule has 2 fully saturated rings. The van der Waals surface area contributed by atoms with Crippen LogP contribution in [-0.2, 0) is 16.0 Å². The fourth-order valence-corrected chi connectivity index (χ4v) is 6.74. The molecule has 2 aromatic carbocycles. The molecule has 0 aliphatic heterocycles. The molecule has 1 heterocycles. The van der Waals surface area contributed by atoms with Gasteiger partial charge < -0.3 is 10.6 Å². The summed E-state index contributed by atoms with van der Waals surface area (Å²) in [7, 11) is 0. The molecule has 2 saturated carbocycles. The zero-order valence-electron chi connectivity index (χ0n) is 26.4. The van der Waals surface area contributed by atoms with Gasteiger partial charge in [0.2, 0.25) is 11.8 Å². The topological polar surface area (TPSA) is 136 Å². The number of aromatic nitrogens is 2. The SMILES string of the molecule is CC(C)CC(=O)NC(c1cccc(Cl)c1)C1CCCC1.NN.O=C(Cc1cnccn1)N[C@H](c1cccc(Cl)c1)C1CCCC1. The van der Waals surface area contributed by atoms with Crippen LogP contribution in [0.15, 0.2) is 67.1 Å². The van der Waals surface area contributed by atoms with E-state index < -0.39 is 0 Å². The Morgan fingerprint density at radius 2 is 1.29 bits per heavy atom. The van der Waals surface area contributed by atoms with Crippen molar-refractivity contribution in [3.8, 4) is 0 Å². The van der Waals surface area contributed by atoms with Crippen LogP contribution in [0.3, 0.4) is 0 Å². The molecule has 2 atom stereocenters. The van der Waals surface area contributed by atoms with Crippen LogP contribution in [0, 0.1) is 17.8 Å². The molecule has 2 aliphatic rings. The van der Waals surface area contributed by atoms with Crippen molar-refractivity contribution < 1.29 is 9.59 Å². The minimum atomic E-state index is -0.0256. The molecule has 6 N–H and O–H groups in total. The van der Waals surface area contributed by atoms with Crippen LogP contribution in [0.5, 0.6) is 0 Å². The van der Waals surface area contributed by atoms with Crippen molar-refractivity contribution in [3.05, 3.63) is 94.0 Å². The molecule has 0 saturated heterocycles. The number of nitrogens with zero attached hydrogens (tertiary/aromatic N) is 2. The third-order valence-electron chi connectivity index (χ3n) is 8.34. The van der Waals surface area contributed by atoms with Crippen LogP contribution in [-0.4, -0.2) is 21.8 Å². The summed E-state index contributed by atoms with van der Waals surface area (Å²) >= 11 is 12.2. The Labute approximate surface area is 278 Å². The summed E-state index contributed by atoms with van der Waals surface area (Å²) in [6, 6.07) is 15.8. The summed E-state index contributed by atoms with van der Waals surface area (Å²) in [5.74, 6) is 9.53. The molecule has 1 unspecified atom stereocenters. The number of nitrogens with one attached hydrogen (secondary N) is 2. The van der Waals surface area contributed by atoms with Gasteiger partial charge in [-0.15, -0.1) is 0 Å². The van der Waals surface area contributed by atoms with Crippen molar-refractivity contribution in [2.24, 2.45) is 29.4 Å². The second-order valence-electron chi connectivity index (χ2n) is 12.3. The Kier molecular flexibility index (Phi) is 15.8. The molecule has 10 heteroatoms. The summed E-state index contributed by atoms with van der Waals surface area (Å²) in [4.78, 5) is 32.7. The Balaban J connectivity index is 0.000000235. The number of halogens is 2. The number of carbonyl (C=O) groups is 2. The van der Waals surface area contributed by atoms with Gasteiger partial charge >= 0.3 is 0 Å². The standard InChI is InChI=1S/C18H20ClN3O.C17H24ClNO.H4N2/c19-15-7-3-6-14(10-15)18(13-4-1-2-5-13)22-17(23)11-16-12-20-8-9-21-16;1-12(2)10-16(20)19-17(13-6-3-4-7-13)14-8-5-9-15(18)11-14;1-2/h3,6-10,12-13,18H,1-2,4-5,11H2,(H,22,23);5,8-9,11-13,17H,3-4,6-7,10H2,1-2H3,(H,19,20);1-2H2/t18-;;/m0../s1. The molecule has 2 amide bonds. The van der Waals surface area contributed by atoms with Gasteiger partial charge in [-0.3, -0.25) is 31.2 Å². The molecular weight excluding hydrogens is 607 g/mol. The van der Waals surface area contributed by atoms with Crippen molar-refractivity contribution in [1.82, 2.24) is 20.6 Å². The number of benzene rings is 2. The van der Waals surface area contributed by atoms with Gasteiger partial charge in [-0.05, 0) is 78.8 Å². The quantitative estimate of drug-likeness (QED) is 0.134. The van der Waals surface area contributed by atoms with Crippen molar-refractivity contribution in [1.29, 1.82) is 0 Å². The number of carbonyl (C=O) groups excluding carboxylic acids is 2. The van der Waals surface area contributed by atoms with E-state index in [-0.39, 0.29) is 30.3 Å². The second-order valence-corrected chi connectivity index (χ2v) is 13.1. The smallest absolute Gasteiger partial charge is 0.226 e. The molecular formula is C35H48Cl2N6O2. The highest BCUT2D eigenvalue weighted by molar-refractivity contribution is 6.30. The maximum absolute atomic E-state index is 12.4. The van der Waals surface area contributed by atoms with E-state index >= 15 is 0 Å². The zero-order chi connectivity index (χ0) is 32.6. The number of amides is 2. The average molecular weight is 656 g/mol. The number of hydrogen-bond acceptors (Lipinski definition) is 6. The van der Waals surface area contributed by atoms with E-state index in [0.717, 1.165) is 29.0 Å². The van der Waals surface area contributed by atoms with Gasteiger partial charge in [-0.1, -0.05) is 87.0 Å². The lowest BCUT2D eigenvalue weighted by molar-refractivity contribution is -0.123.